The SMILES string of the molecule is [C-]#[N+]C[C@H]1CN(c2nc(OCC34CCCN3CCC4)nc3cc(-c4cccc5c4[C@@H]4C[C@@H]4C5)cnc23)CCN1C(=O)C(=C)F. The van der Waals surface area contributed by atoms with Crippen molar-refractivity contribution >= 4 is 22.8 Å². The van der Waals surface area contributed by atoms with Crippen LogP contribution in [0.3, 0.4) is 0 Å². The van der Waals surface area contributed by atoms with Crippen LogP contribution in [-0.2, 0) is 11.2 Å². The topological polar surface area (TPSA) is 79.1 Å². The third-order valence-corrected chi connectivity index (χ3v) is 10.6. The van der Waals surface area contributed by atoms with Crippen molar-refractivity contribution in [2.45, 2.75) is 56.0 Å². The molecule has 0 N–H and O–H groups in total. The van der Waals surface area contributed by atoms with Crippen LogP contribution in [-0.4, -0.2) is 88.1 Å². The fraction of sp³-hybridized carbons (Fsp3) is 0.500. The van der Waals surface area contributed by atoms with Gasteiger partial charge in [-0.25, -0.2) is 11.0 Å². The van der Waals surface area contributed by atoms with Crippen molar-refractivity contribution in [3.05, 3.63) is 65.4 Å². The summed E-state index contributed by atoms with van der Waals surface area (Å²) in [4.78, 5) is 36.9. The number of amides is 1. The summed E-state index contributed by atoms with van der Waals surface area (Å²) in [6, 6.07) is 8.50. The summed E-state index contributed by atoms with van der Waals surface area (Å²) in [7, 11) is 0. The minimum absolute atomic E-state index is 0.0471. The number of carbonyl (C=O) groups is 1. The summed E-state index contributed by atoms with van der Waals surface area (Å²) in [6.45, 7) is 14.5. The van der Waals surface area contributed by atoms with Crippen LogP contribution in [0.4, 0.5) is 10.2 Å². The van der Waals surface area contributed by atoms with Crippen molar-refractivity contribution in [1.29, 1.82) is 0 Å². The van der Waals surface area contributed by atoms with Gasteiger partial charge in [0.25, 0.3) is 5.91 Å². The molecular weight excluding hydrogens is 557 g/mol. The average Bonchev–Trinajstić information content (AvgIpc) is 3.32. The Hall–Kier alpha value is -4.10. The molecule has 1 amide bonds. The Balaban J connectivity index is 1.17. The molecule has 9 nitrogen and oxygen atoms in total. The lowest BCUT2D eigenvalue weighted by molar-refractivity contribution is -0.131. The molecule has 5 heterocycles. The number of hydrogen-bond donors (Lipinski definition) is 0. The summed E-state index contributed by atoms with van der Waals surface area (Å²) in [5, 5.41) is 0. The quantitative estimate of drug-likeness (QED) is 0.288. The van der Waals surface area contributed by atoms with Gasteiger partial charge in [0, 0.05) is 31.4 Å². The van der Waals surface area contributed by atoms with Crippen LogP contribution in [0.2, 0.25) is 0 Å². The average molecular weight is 594 g/mol. The third kappa shape index (κ3) is 4.52. The summed E-state index contributed by atoms with van der Waals surface area (Å²) in [5.74, 6) is 0.272. The molecule has 0 spiro atoms. The van der Waals surface area contributed by atoms with Crippen LogP contribution in [0.15, 0.2) is 42.9 Å². The van der Waals surface area contributed by atoms with E-state index in [9.17, 15) is 9.18 Å². The number of hydrogen-bond acceptors (Lipinski definition) is 7. The second-order valence-corrected chi connectivity index (χ2v) is 13.2. The highest BCUT2D eigenvalue weighted by molar-refractivity contribution is 5.92. The molecule has 0 radical (unpaired) electrons. The van der Waals surface area contributed by atoms with Gasteiger partial charge in [-0.1, -0.05) is 24.8 Å². The van der Waals surface area contributed by atoms with E-state index in [2.05, 4.69) is 40.6 Å². The van der Waals surface area contributed by atoms with E-state index in [4.69, 9.17) is 26.3 Å². The monoisotopic (exact) mass is 593 g/mol. The lowest BCUT2D eigenvalue weighted by Gasteiger charge is -2.39. The van der Waals surface area contributed by atoms with Crippen LogP contribution in [0.5, 0.6) is 6.01 Å². The number of aromatic nitrogens is 3. The van der Waals surface area contributed by atoms with Crippen LogP contribution in [0.1, 0.15) is 49.1 Å². The molecule has 4 fully saturated rings. The highest BCUT2D eigenvalue weighted by Gasteiger charge is 2.47. The standard InChI is InChI=1S/C34H36FN7O2/c1-21(35)32(43)42-13-12-40(19-25(42)18-36-2)31-30-28(38-33(39-31)44-20-34-8-4-10-41(34)11-5-9-34)16-24(17-37-30)26-7-3-6-22-14-23-15-27(23)29(22)26/h3,6-7,16-17,23,25,27H,1,4-5,8-15,18-20H2/t23-,25-,27+/m0/s1. The minimum atomic E-state index is -1.01. The molecule has 44 heavy (non-hydrogen) atoms. The van der Waals surface area contributed by atoms with Gasteiger partial charge in [-0.05, 0) is 86.2 Å². The normalized spacial score (nSPS) is 25.0. The van der Waals surface area contributed by atoms with Crippen molar-refractivity contribution in [2.75, 3.05) is 50.8 Å². The molecule has 5 aliphatic rings. The first-order valence-electron chi connectivity index (χ1n) is 15.9. The fourth-order valence-electron chi connectivity index (χ4n) is 8.40. The summed E-state index contributed by atoms with van der Waals surface area (Å²) >= 11 is 0. The van der Waals surface area contributed by atoms with Gasteiger partial charge < -0.3 is 19.4 Å². The zero-order valence-corrected chi connectivity index (χ0v) is 24.8. The molecule has 3 saturated heterocycles. The van der Waals surface area contributed by atoms with Gasteiger partial charge in [0.05, 0.1) is 11.1 Å². The fourth-order valence-corrected chi connectivity index (χ4v) is 8.40. The molecule has 1 saturated carbocycles. The van der Waals surface area contributed by atoms with Crippen molar-refractivity contribution in [2.24, 2.45) is 5.92 Å². The predicted octanol–water partition coefficient (Wildman–Crippen LogP) is 4.78. The molecule has 10 heteroatoms. The van der Waals surface area contributed by atoms with E-state index >= 15 is 0 Å². The van der Waals surface area contributed by atoms with Gasteiger partial charge in [-0.3, -0.25) is 14.7 Å². The van der Waals surface area contributed by atoms with Gasteiger partial charge in [0.2, 0.25) is 6.54 Å². The highest BCUT2D eigenvalue weighted by atomic mass is 19.1. The Kier molecular flexibility index (Phi) is 6.56. The van der Waals surface area contributed by atoms with E-state index in [1.165, 1.54) is 40.9 Å². The van der Waals surface area contributed by atoms with Crippen LogP contribution >= 0.6 is 0 Å². The second kappa shape index (κ2) is 10.5. The first-order chi connectivity index (χ1) is 21.4. The van der Waals surface area contributed by atoms with Gasteiger partial charge in [0.15, 0.2) is 11.6 Å². The van der Waals surface area contributed by atoms with Crippen LogP contribution in [0.25, 0.3) is 27.0 Å². The summed E-state index contributed by atoms with van der Waals surface area (Å²) < 4.78 is 20.3. The van der Waals surface area contributed by atoms with Gasteiger partial charge in [0.1, 0.15) is 18.2 Å². The highest BCUT2D eigenvalue weighted by Crippen LogP contribution is 2.58. The molecule has 1 aromatic carbocycles. The van der Waals surface area contributed by atoms with E-state index < -0.39 is 17.8 Å². The smallest absolute Gasteiger partial charge is 0.319 e. The predicted molar refractivity (Wildman–Crippen MR) is 165 cm³/mol. The lowest BCUT2D eigenvalue weighted by atomic mass is 9.95. The maximum Gasteiger partial charge on any atom is 0.319 e. The number of piperazine rings is 1. The first kappa shape index (κ1) is 27.4. The van der Waals surface area contributed by atoms with Gasteiger partial charge in [-0.15, -0.1) is 0 Å². The molecule has 2 aromatic heterocycles. The number of benzene rings is 1. The second-order valence-electron chi connectivity index (χ2n) is 13.2. The zero-order valence-electron chi connectivity index (χ0n) is 24.8. The maximum atomic E-state index is 13.8. The number of rotatable bonds is 7. The Morgan fingerprint density at radius 3 is 2.82 bits per heavy atom. The number of carbonyl (C=O) groups excluding carboxylic acids is 1. The summed E-state index contributed by atoms with van der Waals surface area (Å²) in [6.07, 6.45) is 8.94. The maximum absolute atomic E-state index is 13.8. The van der Waals surface area contributed by atoms with E-state index in [0.29, 0.717) is 48.5 Å². The molecule has 3 atom stereocenters. The number of nitrogens with zero attached hydrogens (tertiary/aromatic N) is 7. The Morgan fingerprint density at radius 2 is 2.02 bits per heavy atom. The molecule has 8 rings (SSSR count). The van der Waals surface area contributed by atoms with E-state index in [-0.39, 0.29) is 18.6 Å². The summed E-state index contributed by atoms with van der Waals surface area (Å²) in [5.41, 5.74) is 6.57. The lowest BCUT2D eigenvalue weighted by Crippen LogP contribution is -2.56. The Labute approximate surface area is 256 Å². The molecule has 3 aliphatic heterocycles. The van der Waals surface area contributed by atoms with Gasteiger partial charge >= 0.3 is 6.01 Å². The van der Waals surface area contributed by atoms with E-state index in [1.54, 1.807) is 0 Å². The van der Waals surface area contributed by atoms with Crippen molar-refractivity contribution in [1.82, 2.24) is 24.8 Å². The van der Waals surface area contributed by atoms with Crippen molar-refractivity contribution in [3.63, 3.8) is 0 Å². The third-order valence-electron chi connectivity index (χ3n) is 10.6. The zero-order chi connectivity index (χ0) is 30.0. The molecule has 3 aromatic rings. The number of halogens is 1. The minimum Gasteiger partial charge on any atom is -0.461 e. The number of pyridine rings is 1. The van der Waals surface area contributed by atoms with Crippen LogP contribution < -0.4 is 9.64 Å². The molecular formula is C34H36FN7O2. The first-order valence-corrected chi connectivity index (χ1v) is 15.9. The van der Waals surface area contributed by atoms with Crippen LogP contribution in [0, 0.1) is 12.5 Å². The number of ether oxygens (including phenoxy) is 1. The van der Waals surface area contributed by atoms with E-state index in [0.717, 1.165) is 43.8 Å². The van der Waals surface area contributed by atoms with Gasteiger partial charge in [-0.2, -0.15) is 9.97 Å². The molecule has 0 bridgehead atoms. The molecule has 2 aliphatic carbocycles. The Morgan fingerprint density at radius 1 is 1.18 bits per heavy atom. The van der Waals surface area contributed by atoms with E-state index in [1.807, 2.05) is 11.1 Å². The number of fused-ring (bicyclic) bond motifs is 5. The van der Waals surface area contributed by atoms with Crippen molar-refractivity contribution < 1.29 is 13.9 Å². The number of anilines is 1. The Bertz CT molecular complexity index is 1710. The largest absolute Gasteiger partial charge is 0.461 e. The molecule has 0 unspecified atom stereocenters. The molecule has 226 valence electrons. The van der Waals surface area contributed by atoms with Crippen molar-refractivity contribution in [3.8, 4) is 17.1 Å².